The van der Waals surface area contributed by atoms with Crippen molar-refractivity contribution in [2.45, 2.75) is 19.4 Å². The smallest absolute Gasteiger partial charge is 0.191 e. The second-order valence-electron chi connectivity index (χ2n) is 5.84. The Morgan fingerprint density at radius 3 is 2.63 bits per heavy atom. The van der Waals surface area contributed by atoms with Gasteiger partial charge in [0.1, 0.15) is 11.9 Å². The topological polar surface area (TPSA) is 54.9 Å². The number of rotatable bonds is 8. The SMILES string of the molecule is CN=C(NCCc1cccc(OC)c1)NCC(C)Oc1ccccc1F.I. The summed E-state index contributed by atoms with van der Waals surface area (Å²) in [5.41, 5.74) is 1.18. The van der Waals surface area contributed by atoms with E-state index in [0.717, 1.165) is 18.7 Å². The number of para-hydroxylation sites is 1. The lowest BCUT2D eigenvalue weighted by Crippen LogP contribution is -2.42. The molecular weight excluding hydrogens is 460 g/mol. The average molecular weight is 487 g/mol. The van der Waals surface area contributed by atoms with Crippen LogP contribution in [0.3, 0.4) is 0 Å². The molecule has 0 amide bonds. The first kappa shape index (κ1) is 23.0. The van der Waals surface area contributed by atoms with Crippen molar-refractivity contribution in [1.82, 2.24) is 10.6 Å². The molecule has 1 unspecified atom stereocenters. The summed E-state index contributed by atoms with van der Waals surface area (Å²) in [4.78, 5) is 4.19. The van der Waals surface area contributed by atoms with Crippen LogP contribution >= 0.6 is 24.0 Å². The summed E-state index contributed by atoms with van der Waals surface area (Å²) in [6, 6.07) is 14.4. The van der Waals surface area contributed by atoms with Gasteiger partial charge in [0.15, 0.2) is 17.5 Å². The maximum Gasteiger partial charge on any atom is 0.191 e. The van der Waals surface area contributed by atoms with E-state index in [1.54, 1.807) is 32.4 Å². The molecule has 148 valence electrons. The minimum Gasteiger partial charge on any atom is -0.497 e. The lowest BCUT2D eigenvalue weighted by Gasteiger charge is -2.18. The van der Waals surface area contributed by atoms with E-state index in [9.17, 15) is 4.39 Å². The number of hydrogen-bond acceptors (Lipinski definition) is 3. The van der Waals surface area contributed by atoms with Gasteiger partial charge in [0, 0.05) is 13.6 Å². The third kappa shape index (κ3) is 8.03. The van der Waals surface area contributed by atoms with Crippen LogP contribution in [0, 0.1) is 5.82 Å². The predicted molar refractivity (Wildman–Crippen MR) is 118 cm³/mol. The Morgan fingerprint density at radius 2 is 1.93 bits per heavy atom. The second-order valence-corrected chi connectivity index (χ2v) is 5.84. The molecule has 2 rings (SSSR count). The van der Waals surface area contributed by atoms with Gasteiger partial charge in [-0.2, -0.15) is 0 Å². The van der Waals surface area contributed by atoms with E-state index < -0.39 is 0 Å². The van der Waals surface area contributed by atoms with Crippen LogP contribution in [-0.2, 0) is 6.42 Å². The number of nitrogens with one attached hydrogen (secondary N) is 2. The minimum atomic E-state index is -0.361. The fourth-order valence-electron chi connectivity index (χ4n) is 2.41. The molecule has 2 N–H and O–H groups in total. The molecule has 0 saturated carbocycles. The molecule has 2 aromatic carbocycles. The van der Waals surface area contributed by atoms with Crippen LogP contribution in [0.1, 0.15) is 12.5 Å². The number of hydrogen-bond donors (Lipinski definition) is 2. The number of halogens is 2. The molecule has 0 bridgehead atoms. The zero-order chi connectivity index (χ0) is 18.8. The van der Waals surface area contributed by atoms with Crippen molar-refractivity contribution in [3.8, 4) is 11.5 Å². The van der Waals surface area contributed by atoms with E-state index in [0.29, 0.717) is 12.5 Å². The lowest BCUT2D eigenvalue weighted by atomic mass is 10.1. The third-order valence-corrected chi connectivity index (χ3v) is 3.79. The molecule has 7 heteroatoms. The number of aliphatic imine (C=N–C) groups is 1. The summed E-state index contributed by atoms with van der Waals surface area (Å²) in [5.74, 6) is 1.42. The van der Waals surface area contributed by atoms with Crippen LogP contribution in [0.25, 0.3) is 0 Å². The average Bonchev–Trinajstić information content (AvgIpc) is 2.66. The summed E-state index contributed by atoms with van der Waals surface area (Å²) in [6.45, 7) is 3.12. The maximum atomic E-state index is 13.6. The quantitative estimate of drug-likeness (QED) is 0.340. The normalized spacial score (nSPS) is 11.9. The monoisotopic (exact) mass is 487 g/mol. The molecule has 0 radical (unpaired) electrons. The van der Waals surface area contributed by atoms with Crippen molar-refractivity contribution in [3.05, 3.63) is 59.9 Å². The van der Waals surface area contributed by atoms with Gasteiger partial charge in [0.2, 0.25) is 0 Å². The maximum absolute atomic E-state index is 13.6. The molecule has 1 atom stereocenters. The van der Waals surface area contributed by atoms with Crippen molar-refractivity contribution >= 4 is 29.9 Å². The van der Waals surface area contributed by atoms with Gasteiger partial charge in [-0.1, -0.05) is 24.3 Å². The first-order valence-corrected chi connectivity index (χ1v) is 8.61. The Balaban J connectivity index is 0.00000364. The van der Waals surface area contributed by atoms with Gasteiger partial charge >= 0.3 is 0 Å². The number of guanidine groups is 1. The lowest BCUT2D eigenvalue weighted by molar-refractivity contribution is 0.214. The van der Waals surface area contributed by atoms with Crippen LogP contribution in [0.5, 0.6) is 11.5 Å². The van der Waals surface area contributed by atoms with Crippen LogP contribution < -0.4 is 20.1 Å². The largest absolute Gasteiger partial charge is 0.497 e. The summed E-state index contributed by atoms with van der Waals surface area (Å²) in [7, 11) is 3.37. The Bertz CT molecular complexity index is 728. The van der Waals surface area contributed by atoms with Gasteiger partial charge < -0.3 is 20.1 Å². The van der Waals surface area contributed by atoms with Gasteiger partial charge in [-0.3, -0.25) is 4.99 Å². The molecule has 0 aliphatic carbocycles. The van der Waals surface area contributed by atoms with Gasteiger partial charge in [0.25, 0.3) is 0 Å². The van der Waals surface area contributed by atoms with Crippen molar-refractivity contribution in [2.24, 2.45) is 4.99 Å². The number of nitrogens with zero attached hydrogens (tertiary/aromatic N) is 1. The van der Waals surface area contributed by atoms with E-state index in [4.69, 9.17) is 9.47 Å². The molecule has 0 aliphatic rings. The molecule has 2 aromatic rings. The Morgan fingerprint density at radius 1 is 1.15 bits per heavy atom. The number of benzene rings is 2. The van der Waals surface area contributed by atoms with Crippen LogP contribution in [0.2, 0.25) is 0 Å². The third-order valence-electron chi connectivity index (χ3n) is 3.79. The Kier molecular flexibility index (Phi) is 10.5. The van der Waals surface area contributed by atoms with Crippen molar-refractivity contribution in [1.29, 1.82) is 0 Å². The molecule has 0 saturated heterocycles. The highest BCUT2D eigenvalue weighted by Crippen LogP contribution is 2.16. The zero-order valence-electron chi connectivity index (χ0n) is 15.9. The van der Waals surface area contributed by atoms with Crippen LogP contribution in [-0.4, -0.2) is 39.3 Å². The first-order chi connectivity index (χ1) is 12.6. The van der Waals surface area contributed by atoms with Gasteiger partial charge in [0.05, 0.1) is 13.7 Å². The molecule has 5 nitrogen and oxygen atoms in total. The minimum absolute atomic E-state index is 0. The zero-order valence-corrected chi connectivity index (χ0v) is 18.2. The fraction of sp³-hybridized carbons (Fsp3) is 0.350. The van der Waals surface area contributed by atoms with Gasteiger partial charge in [-0.25, -0.2) is 4.39 Å². The van der Waals surface area contributed by atoms with Gasteiger partial charge in [-0.05, 0) is 43.2 Å². The second kappa shape index (κ2) is 12.4. The van der Waals surface area contributed by atoms with E-state index in [-0.39, 0.29) is 41.6 Å². The van der Waals surface area contributed by atoms with Crippen molar-refractivity contribution < 1.29 is 13.9 Å². The van der Waals surface area contributed by atoms with Gasteiger partial charge in [-0.15, -0.1) is 24.0 Å². The number of methoxy groups -OCH3 is 1. The highest BCUT2D eigenvalue weighted by atomic mass is 127. The Labute approximate surface area is 177 Å². The fourth-order valence-corrected chi connectivity index (χ4v) is 2.41. The molecule has 27 heavy (non-hydrogen) atoms. The van der Waals surface area contributed by atoms with Crippen LogP contribution in [0.15, 0.2) is 53.5 Å². The van der Waals surface area contributed by atoms with E-state index in [1.807, 2.05) is 25.1 Å². The van der Waals surface area contributed by atoms with E-state index in [1.165, 1.54) is 11.6 Å². The highest BCUT2D eigenvalue weighted by Gasteiger charge is 2.08. The Hall–Kier alpha value is -2.03. The molecule has 0 heterocycles. The summed E-state index contributed by atoms with van der Waals surface area (Å²) >= 11 is 0. The number of ether oxygens (including phenoxy) is 2. The molecule has 0 fully saturated rings. The standard InChI is InChI=1S/C20H26FN3O2.HI/c1-15(26-19-10-5-4-9-18(19)21)14-24-20(22-2)23-12-11-16-7-6-8-17(13-16)25-3;/h4-10,13,15H,11-12,14H2,1-3H3,(H2,22,23,24);1H. The highest BCUT2D eigenvalue weighted by molar-refractivity contribution is 14.0. The summed E-state index contributed by atoms with van der Waals surface area (Å²) < 4.78 is 24.4. The first-order valence-electron chi connectivity index (χ1n) is 8.61. The van der Waals surface area contributed by atoms with Crippen LogP contribution in [0.4, 0.5) is 4.39 Å². The molecule has 0 aliphatic heterocycles. The molecule has 0 aromatic heterocycles. The van der Waals surface area contributed by atoms with E-state index in [2.05, 4.69) is 21.7 Å². The summed E-state index contributed by atoms with van der Waals surface area (Å²) in [5, 5.41) is 6.44. The van der Waals surface area contributed by atoms with Crippen molar-refractivity contribution in [3.63, 3.8) is 0 Å². The molecular formula is C20H27FIN3O2. The predicted octanol–water partition coefficient (Wildman–Crippen LogP) is 3.63. The van der Waals surface area contributed by atoms with E-state index >= 15 is 0 Å². The molecule has 0 spiro atoms. The summed E-state index contributed by atoms with van der Waals surface area (Å²) in [6.07, 6.45) is 0.642. The van der Waals surface area contributed by atoms with Crippen molar-refractivity contribution in [2.75, 3.05) is 27.2 Å².